The number of aromatic nitrogens is 1. The molecule has 1 aromatic rings. The van der Waals surface area contributed by atoms with E-state index in [1.165, 1.54) is 10.5 Å². The normalized spacial score (nSPS) is 20.1. The van der Waals surface area contributed by atoms with Crippen LogP contribution in [-0.4, -0.2) is 48.7 Å². The minimum absolute atomic E-state index is 0.0571. The first kappa shape index (κ1) is 16.6. The fraction of sp³-hybridized carbons (Fsp3) is 0.500. The Bertz CT molecular complexity index is 631. The van der Waals surface area contributed by atoms with E-state index < -0.39 is 10.0 Å². The van der Waals surface area contributed by atoms with Gasteiger partial charge < -0.3 is 0 Å². The quantitative estimate of drug-likeness (QED) is 0.634. The number of carbonyl (C=O) groups is 1. The fourth-order valence-corrected chi connectivity index (χ4v) is 3.48. The molecule has 1 atom stereocenters. The molecule has 8 heteroatoms. The van der Waals surface area contributed by atoms with E-state index in [-0.39, 0.29) is 24.1 Å². The number of sulfonamides is 1. The van der Waals surface area contributed by atoms with Crippen LogP contribution in [0.2, 0.25) is 0 Å². The molecule has 1 N–H and O–H groups in total. The van der Waals surface area contributed by atoms with Crippen molar-refractivity contribution < 1.29 is 13.2 Å². The van der Waals surface area contributed by atoms with Crippen LogP contribution in [-0.2, 0) is 14.8 Å². The van der Waals surface area contributed by atoms with Gasteiger partial charge in [0, 0.05) is 25.5 Å². The maximum absolute atomic E-state index is 12.1. The van der Waals surface area contributed by atoms with E-state index in [0.717, 1.165) is 5.56 Å². The van der Waals surface area contributed by atoms with Crippen molar-refractivity contribution in [1.29, 1.82) is 0 Å². The number of pyridine rings is 1. The number of nitrogens with zero attached hydrogens (tertiary/aromatic N) is 3. The van der Waals surface area contributed by atoms with E-state index in [0.29, 0.717) is 19.4 Å². The van der Waals surface area contributed by atoms with Crippen molar-refractivity contribution in [2.75, 3.05) is 18.8 Å². The van der Waals surface area contributed by atoms with Crippen LogP contribution in [0.4, 0.5) is 0 Å². The van der Waals surface area contributed by atoms with E-state index in [1.54, 1.807) is 31.5 Å². The third-order valence-corrected chi connectivity index (χ3v) is 5.46. The van der Waals surface area contributed by atoms with Crippen LogP contribution in [0.25, 0.3) is 0 Å². The van der Waals surface area contributed by atoms with Crippen LogP contribution in [0, 0.1) is 5.92 Å². The minimum Gasteiger partial charge on any atom is -0.273 e. The van der Waals surface area contributed by atoms with Gasteiger partial charge in [-0.3, -0.25) is 9.78 Å². The van der Waals surface area contributed by atoms with Gasteiger partial charge >= 0.3 is 0 Å². The highest BCUT2D eigenvalue weighted by atomic mass is 32.2. The van der Waals surface area contributed by atoms with Crippen molar-refractivity contribution in [1.82, 2.24) is 14.7 Å². The highest BCUT2D eigenvalue weighted by Gasteiger charge is 2.31. The Morgan fingerprint density at radius 2 is 2.23 bits per heavy atom. The summed E-state index contributed by atoms with van der Waals surface area (Å²) in [5.74, 6) is -0.549. The summed E-state index contributed by atoms with van der Waals surface area (Å²) in [5.41, 5.74) is 3.31. The molecule has 1 saturated heterocycles. The molecule has 2 heterocycles. The van der Waals surface area contributed by atoms with Crippen molar-refractivity contribution in [3.8, 4) is 0 Å². The Balaban J connectivity index is 1.91. The Hall–Kier alpha value is -1.80. The lowest BCUT2D eigenvalue weighted by molar-refractivity contribution is -0.126. The monoisotopic (exact) mass is 324 g/mol. The van der Waals surface area contributed by atoms with Gasteiger partial charge in [-0.25, -0.2) is 18.1 Å². The van der Waals surface area contributed by atoms with E-state index >= 15 is 0 Å². The van der Waals surface area contributed by atoms with Crippen LogP contribution in [0.3, 0.4) is 0 Å². The van der Waals surface area contributed by atoms with Gasteiger partial charge in [0.05, 0.1) is 17.9 Å². The Morgan fingerprint density at radius 1 is 1.50 bits per heavy atom. The molecule has 1 aliphatic heterocycles. The van der Waals surface area contributed by atoms with Crippen molar-refractivity contribution in [3.63, 3.8) is 0 Å². The second kappa shape index (κ2) is 7.46. The number of rotatable bonds is 5. The molecule has 0 unspecified atom stereocenters. The zero-order valence-corrected chi connectivity index (χ0v) is 13.3. The van der Waals surface area contributed by atoms with Gasteiger partial charge in [-0.2, -0.15) is 5.10 Å². The van der Waals surface area contributed by atoms with Crippen LogP contribution >= 0.6 is 0 Å². The maximum atomic E-state index is 12.1. The molecule has 0 radical (unpaired) electrons. The maximum Gasteiger partial charge on any atom is 0.244 e. The summed E-state index contributed by atoms with van der Waals surface area (Å²) < 4.78 is 25.2. The number of hydrogen-bond donors (Lipinski definition) is 1. The summed E-state index contributed by atoms with van der Waals surface area (Å²) in [5, 5.41) is 3.90. The van der Waals surface area contributed by atoms with Crippen LogP contribution in [0.1, 0.15) is 25.3 Å². The van der Waals surface area contributed by atoms with Gasteiger partial charge in [-0.15, -0.1) is 0 Å². The zero-order chi connectivity index (χ0) is 16.0. The van der Waals surface area contributed by atoms with E-state index in [9.17, 15) is 13.2 Å². The first-order chi connectivity index (χ1) is 10.5. The lowest BCUT2D eigenvalue weighted by atomic mass is 9.99. The fourth-order valence-electron chi connectivity index (χ4n) is 2.30. The van der Waals surface area contributed by atoms with E-state index in [1.807, 2.05) is 0 Å². The molecule has 120 valence electrons. The molecule has 2 rings (SSSR count). The molecular weight excluding hydrogens is 304 g/mol. The summed E-state index contributed by atoms with van der Waals surface area (Å²) >= 11 is 0. The summed E-state index contributed by atoms with van der Waals surface area (Å²) in [6.07, 6.45) is 6.16. The number of nitrogens with one attached hydrogen (secondary N) is 1. The molecule has 22 heavy (non-hydrogen) atoms. The molecule has 1 aromatic heterocycles. The SMILES string of the molecule is CCS(=O)(=O)N1CCC[C@@H](C(=O)N/N=C\c2ccncc2)C1. The summed E-state index contributed by atoms with van der Waals surface area (Å²) in [6, 6.07) is 3.54. The predicted octanol–water partition coefficient (Wildman–Crippen LogP) is 0.593. The molecule has 0 spiro atoms. The van der Waals surface area contributed by atoms with Gasteiger partial charge in [0.2, 0.25) is 15.9 Å². The number of hydrazone groups is 1. The second-order valence-electron chi connectivity index (χ2n) is 5.11. The highest BCUT2D eigenvalue weighted by molar-refractivity contribution is 7.89. The first-order valence-corrected chi connectivity index (χ1v) is 8.84. The zero-order valence-electron chi connectivity index (χ0n) is 12.5. The third kappa shape index (κ3) is 4.35. The van der Waals surface area contributed by atoms with Crippen LogP contribution in [0.5, 0.6) is 0 Å². The second-order valence-corrected chi connectivity index (χ2v) is 7.37. The van der Waals surface area contributed by atoms with E-state index in [2.05, 4.69) is 15.5 Å². The van der Waals surface area contributed by atoms with Gasteiger partial charge in [0.15, 0.2) is 0 Å². The van der Waals surface area contributed by atoms with Crippen molar-refractivity contribution >= 4 is 22.1 Å². The van der Waals surface area contributed by atoms with Gasteiger partial charge in [0.1, 0.15) is 0 Å². The number of amides is 1. The molecular formula is C14H20N4O3S. The molecule has 1 fully saturated rings. The first-order valence-electron chi connectivity index (χ1n) is 7.23. The number of carbonyl (C=O) groups excluding carboxylic acids is 1. The summed E-state index contributed by atoms with van der Waals surface area (Å²) in [6.45, 7) is 2.32. The standard InChI is InChI=1S/C14H20N4O3S/c1-2-22(20,21)18-9-3-4-13(11-18)14(19)17-16-10-12-5-7-15-8-6-12/h5-8,10,13H,2-4,9,11H2,1H3,(H,17,19)/b16-10-/t13-/m1/s1. The topological polar surface area (TPSA) is 91.7 Å². The molecule has 0 aliphatic carbocycles. The van der Waals surface area contributed by atoms with Crippen molar-refractivity contribution in [3.05, 3.63) is 30.1 Å². The largest absolute Gasteiger partial charge is 0.273 e. The average molecular weight is 324 g/mol. The van der Waals surface area contributed by atoms with Crippen molar-refractivity contribution in [2.45, 2.75) is 19.8 Å². The predicted molar refractivity (Wildman–Crippen MR) is 83.7 cm³/mol. The van der Waals surface area contributed by atoms with Gasteiger partial charge in [-0.1, -0.05) is 0 Å². The molecule has 7 nitrogen and oxygen atoms in total. The van der Waals surface area contributed by atoms with Crippen LogP contribution in [0.15, 0.2) is 29.6 Å². The lowest BCUT2D eigenvalue weighted by Crippen LogP contribution is -2.45. The molecule has 0 aromatic carbocycles. The molecule has 0 bridgehead atoms. The van der Waals surface area contributed by atoms with Gasteiger partial charge in [-0.05, 0) is 37.5 Å². The van der Waals surface area contributed by atoms with Crippen molar-refractivity contribution in [2.24, 2.45) is 11.0 Å². The number of piperidine rings is 1. The number of hydrogen-bond acceptors (Lipinski definition) is 5. The smallest absolute Gasteiger partial charge is 0.244 e. The van der Waals surface area contributed by atoms with E-state index in [4.69, 9.17) is 0 Å². The summed E-state index contributed by atoms with van der Waals surface area (Å²) in [4.78, 5) is 16.0. The Morgan fingerprint density at radius 3 is 2.91 bits per heavy atom. The Kier molecular flexibility index (Phi) is 5.62. The molecule has 0 saturated carbocycles. The molecule has 1 aliphatic rings. The third-order valence-electron chi connectivity index (χ3n) is 3.61. The Labute approximate surface area is 130 Å². The highest BCUT2D eigenvalue weighted by Crippen LogP contribution is 2.19. The average Bonchev–Trinajstić information content (AvgIpc) is 2.56. The lowest BCUT2D eigenvalue weighted by Gasteiger charge is -2.30. The minimum atomic E-state index is -3.24. The van der Waals surface area contributed by atoms with Crippen LogP contribution < -0.4 is 5.43 Å². The molecule has 1 amide bonds. The van der Waals surface area contributed by atoms with Gasteiger partial charge in [0.25, 0.3) is 0 Å². The summed E-state index contributed by atoms with van der Waals surface area (Å²) in [7, 11) is -3.24.